The maximum absolute atomic E-state index is 5.11. The summed E-state index contributed by atoms with van der Waals surface area (Å²) < 4.78 is 11.0. The van der Waals surface area contributed by atoms with E-state index in [1.807, 2.05) is 247 Å². The van der Waals surface area contributed by atoms with E-state index in [-0.39, 0.29) is 0 Å². The number of hydrogen-bond acceptors (Lipinski definition) is 6. The Balaban J connectivity index is 1.24. The average Bonchev–Trinajstić information content (AvgIpc) is 3.35. The van der Waals surface area contributed by atoms with E-state index in [0.717, 1.165) is 34.1 Å². The van der Waals surface area contributed by atoms with Gasteiger partial charge in [0.05, 0.1) is 0 Å². The molecule has 0 bridgehead atoms. The first-order valence-electron chi connectivity index (χ1n) is 19.4. The summed E-state index contributed by atoms with van der Waals surface area (Å²) in [4.78, 5) is 0. The standard InChI is InChI=1S/C48H36N12/c1-7-19-40(20-8-1)55-34-56(41-21-9-2-10-22-41)50-46(49-55)37-31-38(47-51-57(42-23-11-3-12-24-42)35-58(52-47)43-25-13-4-14-26-43)33-39(32-37)48-53-59(44-27-15-5-16-28-44)36-60(54-48)45-29-17-6-18-30-45/h1-36H/q+6. The van der Waals surface area contributed by atoms with Gasteiger partial charge in [-0.25, -0.2) is 0 Å². The van der Waals surface area contributed by atoms with Crippen molar-refractivity contribution in [2.24, 2.45) is 0 Å². The van der Waals surface area contributed by atoms with Gasteiger partial charge < -0.3 is 0 Å². The van der Waals surface area contributed by atoms with Gasteiger partial charge >= 0.3 is 19.0 Å². The molecule has 12 heteroatoms. The third kappa shape index (κ3) is 7.59. The second-order valence-electron chi connectivity index (χ2n) is 13.8. The minimum absolute atomic E-state index is 0.457. The molecule has 0 saturated heterocycles. The topological polar surface area (TPSA) is 101 Å². The molecule has 3 heterocycles. The van der Waals surface area contributed by atoms with Crippen molar-refractivity contribution in [1.29, 1.82) is 0 Å². The van der Waals surface area contributed by atoms with Crippen molar-refractivity contribution in [2.75, 3.05) is 0 Å². The number of aromatic nitrogens is 12. The molecule has 0 aliphatic carbocycles. The summed E-state index contributed by atoms with van der Waals surface area (Å²) in [5, 5.41) is 30.7. The zero-order chi connectivity index (χ0) is 40.1. The predicted octanol–water partition coefficient (Wildman–Crippen LogP) is 4.72. The molecule has 0 aliphatic heterocycles. The molecule has 0 saturated carbocycles. The molecule has 0 aliphatic rings. The SMILES string of the molecule is c1ccc(-[n+]2c[n+](-c3ccccc3)nc(-c3cc(-c4n[n+](-c5ccccc5)c[n+](-c5ccccc5)n4)cc(-c4n[n+](-c5ccccc5)c[n+](-c5ccccc5)n4)c3)n2)cc1. The molecular formula is C48H36N12+6. The molecule has 60 heavy (non-hydrogen) atoms. The lowest BCUT2D eigenvalue weighted by molar-refractivity contribution is -0.797. The number of para-hydroxylation sites is 6. The average molecular weight is 781 g/mol. The van der Waals surface area contributed by atoms with Gasteiger partial charge in [-0.15, -0.1) is 0 Å². The quantitative estimate of drug-likeness (QED) is 0.197. The van der Waals surface area contributed by atoms with Crippen LogP contribution in [-0.2, 0) is 0 Å². The number of rotatable bonds is 9. The minimum Gasteiger partial charge on any atom is -0.0618 e. The fourth-order valence-corrected chi connectivity index (χ4v) is 6.73. The van der Waals surface area contributed by atoms with Gasteiger partial charge in [-0.05, 0) is 18.2 Å². The van der Waals surface area contributed by atoms with Crippen molar-refractivity contribution in [3.8, 4) is 68.3 Å². The summed E-state index contributed by atoms with van der Waals surface area (Å²) >= 11 is 0. The van der Waals surface area contributed by atoms with Gasteiger partial charge in [0, 0.05) is 148 Å². The van der Waals surface area contributed by atoms with Crippen molar-refractivity contribution in [3.05, 3.63) is 219 Å². The Hall–Kier alpha value is -8.64. The van der Waals surface area contributed by atoms with E-state index < -0.39 is 0 Å². The van der Waals surface area contributed by atoms with Gasteiger partial charge in [-0.3, -0.25) is 0 Å². The van der Waals surface area contributed by atoms with Crippen LogP contribution in [0.4, 0.5) is 0 Å². The largest absolute Gasteiger partial charge is 0.469 e. The fraction of sp³-hybridized carbons (Fsp3) is 0. The molecule has 7 aromatic carbocycles. The lowest BCUT2D eigenvalue weighted by Gasteiger charge is -2.05. The molecule has 0 unspecified atom stereocenters. The molecule has 0 amide bonds. The van der Waals surface area contributed by atoms with Crippen LogP contribution < -0.4 is 28.1 Å². The van der Waals surface area contributed by atoms with Gasteiger partial charge in [0.2, 0.25) is 34.1 Å². The monoisotopic (exact) mass is 780 g/mol. The molecule has 10 rings (SSSR count). The maximum Gasteiger partial charge on any atom is 0.469 e. The fourth-order valence-electron chi connectivity index (χ4n) is 6.73. The zero-order valence-electron chi connectivity index (χ0n) is 32.2. The molecule has 0 fully saturated rings. The minimum atomic E-state index is 0.457. The third-order valence-electron chi connectivity index (χ3n) is 9.70. The second-order valence-corrected chi connectivity index (χ2v) is 13.8. The van der Waals surface area contributed by atoms with Crippen LogP contribution in [0.15, 0.2) is 219 Å². The Kier molecular flexibility index (Phi) is 9.58. The summed E-state index contributed by atoms with van der Waals surface area (Å²) in [7, 11) is 0. The number of hydrogen-bond donors (Lipinski definition) is 0. The molecule has 3 aromatic heterocycles. The third-order valence-corrected chi connectivity index (χ3v) is 9.70. The van der Waals surface area contributed by atoms with Gasteiger partial charge in [0.25, 0.3) is 17.5 Å². The highest BCUT2D eigenvalue weighted by molar-refractivity contribution is 5.74. The Bertz CT molecular complexity index is 2550. The second kappa shape index (κ2) is 16.1. The van der Waals surface area contributed by atoms with E-state index in [2.05, 4.69) is 0 Å². The van der Waals surface area contributed by atoms with Gasteiger partial charge in [0.1, 0.15) is 0 Å². The Morgan fingerprint density at radius 3 is 0.550 bits per heavy atom. The van der Waals surface area contributed by atoms with Gasteiger partial charge in [-0.2, -0.15) is 0 Å². The molecule has 0 radical (unpaired) electrons. The Morgan fingerprint density at radius 1 is 0.217 bits per heavy atom. The van der Waals surface area contributed by atoms with Crippen LogP contribution in [0.1, 0.15) is 0 Å². The van der Waals surface area contributed by atoms with Crippen molar-refractivity contribution in [2.45, 2.75) is 0 Å². The van der Waals surface area contributed by atoms with Crippen molar-refractivity contribution >= 4 is 0 Å². The Labute approximate surface area is 345 Å². The molecule has 282 valence electrons. The van der Waals surface area contributed by atoms with Crippen molar-refractivity contribution < 1.29 is 28.1 Å². The highest BCUT2D eigenvalue weighted by atomic mass is 15.4. The van der Waals surface area contributed by atoms with Crippen LogP contribution in [0, 0.1) is 0 Å². The van der Waals surface area contributed by atoms with E-state index in [9.17, 15) is 0 Å². The van der Waals surface area contributed by atoms with E-state index in [1.54, 1.807) is 0 Å². The highest BCUT2D eigenvalue weighted by Crippen LogP contribution is 2.28. The van der Waals surface area contributed by atoms with Gasteiger partial charge in [-0.1, -0.05) is 109 Å². The molecular weight excluding hydrogens is 745 g/mol. The first-order chi connectivity index (χ1) is 29.7. The van der Waals surface area contributed by atoms with Crippen LogP contribution in [0.2, 0.25) is 0 Å². The highest BCUT2D eigenvalue weighted by Gasteiger charge is 2.30. The first-order valence-corrected chi connectivity index (χ1v) is 19.4. The summed E-state index contributed by atoms with van der Waals surface area (Å²) in [6.07, 6.45) is 5.62. The van der Waals surface area contributed by atoms with E-state index >= 15 is 0 Å². The van der Waals surface area contributed by atoms with Crippen LogP contribution >= 0.6 is 0 Å². The van der Waals surface area contributed by atoms with Crippen LogP contribution in [0.25, 0.3) is 68.3 Å². The smallest absolute Gasteiger partial charge is 0.0618 e. The summed E-state index contributed by atoms with van der Waals surface area (Å²) in [6, 6.07) is 66.0. The molecule has 0 atom stereocenters. The number of benzene rings is 7. The lowest BCUT2D eigenvalue weighted by Crippen LogP contribution is -2.50. The van der Waals surface area contributed by atoms with E-state index in [4.69, 9.17) is 30.6 Å². The van der Waals surface area contributed by atoms with Crippen molar-refractivity contribution in [3.63, 3.8) is 0 Å². The first kappa shape index (κ1) is 35.8. The number of nitrogens with zero attached hydrogens (tertiary/aromatic N) is 12. The molecule has 0 N–H and O–H groups in total. The van der Waals surface area contributed by atoms with E-state index in [0.29, 0.717) is 34.2 Å². The van der Waals surface area contributed by atoms with Crippen LogP contribution in [-0.4, -0.2) is 30.6 Å². The van der Waals surface area contributed by atoms with Crippen LogP contribution in [0.3, 0.4) is 0 Å². The van der Waals surface area contributed by atoms with E-state index in [1.165, 1.54) is 0 Å². The molecule has 12 nitrogen and oxygen atoms in total. The van der Waals surface area contributed by atoms with Crippen molar-refractivity contribution in [1.82, 2.24) is 30.6 Å². The summed E-state index contributed by atoms with van der Waals surface area (Å²) in [5.41, 5.74) is 7.36. The molecule has 0 spiro atoms. The Morgan fingerprint density at radius 2 is 0.383 bits per heavy atom. The zero-order valence-corrected chi connectivity index (χ0v) is 32.2. The predicted molar refractivity (Wildman–Crippen MR) is 219 cm³/mol. The maximum atomic E-state index is 5.11. The van der Waals surface area contributed by atoms with Crippen LogP contribution in [0.5, 0.6) is 0 Å². The normalized spacial score (nSPS) is 11.0. The molecule has 10 aromatic rings. The summed E-state index contributed by atoms with van der Waals surface area (Å²) in [5.74, 6) is 1.37. The lowest BCUT2D eigenvalue weighted by atomic mass is 10.0. The summed E-state index contributed by atoms with van der Waals surface area (Å²) in [6.45, 7) is 0. The van der Waals surface area contributed by atoms with Gasteiger partial charge in [0.15, 0.2) is 0 Å².